The zero-order valence-corrected chi connectivity index (χ0v) is 11.1. The van der Waals surface area contributed by atoms with E-state index < -0.39 is 12.5 Å². The first-order valence-electron chi connectivity index (χ1n) is 6.09. The van der Waals surface area contributed by atoms with Gasteiger partial charge in [0.2, 0.25) is 0 Å². The highest BCUT2D eigenvalue weighted by molar-refractivity contribution is 5.90. The van der Waals surface area contributed by atoms with E-state index in [1.54, 1.807) is 0 Å². The van der Waals surface area contributed by atoms with E-state index in [1.165, 1.54) is 12.1 Å². The summed E-state index contributed by atoms with van der Waals surface area (Å²) < 4.78 is 15.7. The molecule has 19 heavy (non-hydrogen) atoms. The van der Waals surface area contributed by atoms with Crippen molar-refractivity contribution in [3.8, 4) is 5.75 Å². The monoisotopic (exact) mass is 264 g/mol. The molecule has 1 saturated heterocycles. The molecular formula is C13H16N2O4. The molecule has 2 aliphatic heterocycles. The smallest absolute Gasteiger partial charge is 0.432 e. The molecule has 1 atom stereocenters. The largest absolute Gasteiger partial charge is 0.490 e. The van der Waals surface area contributed by atoms with Crippen molar-refractivity contribution in [3.63, 3.8) is 0 Å². The molecule has 0 bridgehead atoms. The third-order valence-electron chi connectivity index (χ3n) is 3.38. The number of benzene rings is 1. The van der Waals surface area contributed by atoms with Crippen molar-refractivity contribution in [2.45, 2.75) is 25.7 Å². The van der Waals surface area contributed by atoms with Crippen LogP contribution in [-0.4, -0.2) is 26.2 Å². The van der Waals surface area contributed by atoms with Gasteiger partial charge in [0.15, 0.2) is 0 Å². The Kier molecular flexibility index (Phi) is 2.65. The molecule has 0 aromatic heterocycles. The average molecular weight is 264 g/mol. The van der Waals surface area contributed by atoms with E-state index in [4.69, 9.17) is 14.2 Å². The van der Waals surface area contributed by atoms with Gasteiger partial charge in [-0.05, 0) is 6.07 Å². The average Bonchev–Trinajstić information content (AvgIpc) is 2.90. The molecule has 1 fully saturated rings. The van der Waals surface area contributed by atoms with Crippen LogP contribution in [0, 0.1) is 0 Å². The number of fused-ring (bicyclic) bond motifs is 1. The summed E-state index contributed by atoms with van der Waals surface area (Å²) in [6, 6.07) is 5.73. The fourth-order valence-electron chi connectivity index (χ4n) is 2.31. The van der Waals surface area contributed by atoms with Crippen molar-refractivity contribution >= 4 is 11.8 Å². The highest BCUT2D eigenvalue weighted by atomic mass is 16.7. The van der Waals surface area contributed by atoms with Crippen LogP contribution in [-0.2, 0) is 14.9 Å². The molecule has 1 amide bonds. The molecule has 0 spiro atoms. The number of nitrogens with one attached hydrogen (secondary N) is 1. The first-order valence-corrected chi connectivity index (χ1v) is 6.09. The fraction of sp³-hybridized carbons (Fsp3) is 0.462. The Labute approximate surface area is 111 Å². The van der Waals surface area contributed by atoms with E-state index in [0.29, 0.717) is 18.0 Å². The normalized spacial score (nSPS) is 24.1. The number of methoxy groups -OCH3 is 1. The number of rotatable bonds is 2. The molecule has 0 aliphatic carbocycles. The van der Waals surface area contributed by atoms with E-state index in [0.717, 1.165) is 5.56 Å². The van der Waals surface area contributed by atoms with Gasteiger partial charge in [0.05, 0.1) is 6.61 Å². The van der Waals surface area contributed by atoms with Crippen molar-refractivity contribution < 1.29 is 19.0 Å². The Hall–Kier alpha value is -1.79. The number of hydrogen-bond donors (Lipinski definition) is 1. The van der Waals surface area contributed by atoms with Crippen molar-refractivity contribution in [1.82, 2.24) is 5.43 Å². The van der Waals surface area contributed by atoms with Crippen molar-refractivity contribution in [2.75, 3.05) is 18.7 Å². The Morgan fingerprint density at radius 2 is 2.26 bits per heavy atom. The van der Waals surface area contributed by atoms with Crippen LogP contribution >= 0.6 is 0 Å². The number of cyclic esters (lactones) is 1. The van der Waals surface area contributed by atoms with Crippen LogP contribution < -0.4 is 15.2 Å². The lowest BCUT2D eigenvalue weighted by Crippen LogP contribution is -2.38. The highest BCUT2D eigenvalue weighted by Crippen LogP contribution is 2.44. The minimum absolute atomic E-state index is 0.0599. The van der Waals surface area contributed by atoms with Crippen LogP contribution in [0.3, 0.4) is 0 Å². The number of anilines is 1. The number of carbonyl (C=O) groups excluding carboxylic acids is 1. The third kappa shape index (κ3) is 1.84. The maximum absolute atomic E-state index is 11.8. The molecule has 6 heteroatoms. The van der Waals surface area contributed by atoms with E-state index in [9.17, 15) is 4.79 Å². The van der Waals surface area contributed by atoms with Gasteiger partial charge < -0.3 is 14.2 Å². The molecule has 1 aromatic rings. The predicted molar refractivity (Wildman–Crippen MR) is 67.9 cm³/mol. The molecule has 1 aromatic carbocycles. The number of carbonyl (C=O) groups is 1. The molecule has 3 rings (SSSR count). The molecular weight excluding hydrogens is 248 g/mol. The summed E-state index contributed by atoms with van der Waals surface area (Å²) >= 11 is 0. The van der Waals surface area contributed by atoms with Crippen LogP contribution in [0.5, 0.6) is 5.75 Å². The minimum atomic E-state index is -0.766. The van der Waals surface area contributed by atoms with Crippen LogP contribution in [0.4, 0.5) is 10.5 Å². The van der Waals surface area contributed by atoms with Crippen molar-refractivity contribution in [3.05, 3.63) is 23.8 Å². The lowest BCUT2D eigenvalue weighted by molar-refractivity contribution is -0.0722. The highest BCUT2D eigenvalue weighted by Gasteiger charge is 2.39. The Morgan fingerprint density at radius 3 is 2.95 bits per heavy atom. The third-order valence-corrected chi connectivity index (χ3v) is 3.38. The SMILES string of the molecule is COC1NN(c2cccc3c2OCC3(C)C)C(=O)O1. The molecule has 2 aliphatic rings. The quantitative estimate of drug-likeness (QED) is 0.881. The molecule has 1 unspecified atom stereocenters. The zero-order chi connectivity index (χ0) is 13.6. The molecule has 2 heterocycles. The number of nitrogens with zero attached hydrogens (tertiary/aromatic N) is 1. The van der Waals surface area contributed by atoms with Gasteiger partial charge in [-0.3, -0.25) is 0 Å². The summed E-state index contributed by atoms with van der Waals surface area (Å²) in [5.74, 6) is 0.716. The summed E-state index contributed by atoms with van der Waals surface area (Å²) in [6.07, 6.45) is -1.27. The van der Waals surface area contributed by atoms with Crippen LogP contribution in [0.1, 0.15) is 19.4 Å². The van der Waals surface area contributed by atoms with Gasteiger partial charge in [-0.15, -0.1) is 0 Å². The first-order chi connectivity index (χ1) is 9.03. The standard InChI is InChI=1S/C13H16N2O4/c1-13(2)7-18-10-8(13)5-4-6-9(10)15-12(16)19-11(14-15)17-3/h4-6,11,14H,7H2,1-3H3. The summed E-state index contributed by atoms with van der Waals surface area (Å²) in [7, 11) is 1.46. The number of ether oxygens (including phenoxy) is 3. The second-order valence-electron chi connectivity index (χ2n) is 5.24. The Morgan fingerprint density at radius 1 is 1.47 bits per heavy atom. The Bertz CT molecular complexity index is 529. The number of para-hydroxylation sites is 1. The van der Waals surface area contributed by atoms with Gasteiger partial charge in [-0.2, -0.15) is 5.43 Å². The topological polar surface area (TPSA) is 60.0 Å². The van der Waals surface area contributed by atoms with Crippen LogP contribution in [0.25, 0.3) is 0 Å². The molecule has 0 radical (unpaired) electrons. The predicted octanol–water partition coefficient (Wildman–Crippen LogP) is 1.75. The summed E-state index contributed by atoms with van der Waals surface area (Å²) in [5.41, 5.74) is 4.49. The number of amides is 1. The summed E-state index contributed by atoms with van der Waals surface area (Å²) in [4.78, 5) is 11.8. The fourth-order valence-corrected chi connectivity index (χ4v) is 2.31. The van der Waals surface area contributed by atoms with Crippen LogP contribution in [0.15, 0.2) is 18.2 Å². The molecule has 0 saturated carbocycles. The van der Waals surface area contributed by atoms with Crippen molar-refractivity contribution in [1.29, 1.82) is 0 Å². The van der Waals surface area contributed by atoms with Gasteiger partial charge in [0.1, 0.15) is 11.4 Å². The summed E-state index contributed by atoms with van der Waals surface area (Å²) in [5, 5.41) is 1.31. The lowest BCUT2D eigenvalue weighted by Gasteiger charge is -2.18. The summed E-state index contributed by atoms with van der Waals surface area (Å²) in [6.45, 7) is 4.81. The minimum Gasteiger partial charge on any atom is -0.490 e. The Balaban J connectivity index is 2.00. The lowest BCUT2D eigenvalue weighted by atomic mass is 9.87. The van der Waals surface area contributed by atoms with Gasteiger partial charge in [-0.25, -0.2) is 9.80 Å². The second kappa shape index (κ2) is 4.11. The van der Waals surface area contributed by atoms with E-state index in [-0.39, 0.29) is 5.41 Å². The van der Waals surface area contributed by atoms with Gasteiger partial charge >= 0.3 is 6.09 Å². The van der Waals surface area contributed by atoms with E-state index >= 15 is 0 Å². The van der Waals surface area contributed by atoms with E-state index in [2.05, 4.69) is 19.3 Å². The first kappa shape index (κ1) is 12.3. The zero-order valence-electron chi connectivity index (χ0n) is 11.1. The molecule has 6 nitrogen and oxygen atoms in total. The van der Waals surface area contributed by atoms with Gasteiger partial charge in [0.25, 0.3) is 6.41 Å². The van der Waals surface area contributed by atoms with E-state index in [1.807, 2.05) is 18.2 Å². The molecule has 1 N–H and O–H groups in total. The van der Waals surface area contributed by atoms with Gasteiger partial charge in [-0.1, -0.05) is 26.0 Å². The molecule has 102 valence electrons. The maximum atomic E-state index is 11.8. The number of hydrogen-bond acceptors (Lipinski definition) is 5. The van der Waals surface area contributed by atoms with Crippen LogP contribution in [0.2, 0.25) is 0 Å². The number of hydrazine groups is 1. The van der Waals surface area contributed by atoms with Crippen molar-refractivity contribution in [2.24, 2.45) is 0 Å². The van der Waals surface area contributed by atoms with Gasteiger partial charge in [0, 0.05) is 18.1 Å². The maximum Gasteiger partial charge on any atom is 0.432 e. The second-order valence-corrected chi connectivity index (χ2v) is 5.24.